The van der Waals surface area contributed by atoms with Crippen LogP contribution < -0.4 is 4.74 Å². The average Bonchev–Trinajstić information content (AvgIpc) is 3.05. The summed E-state index contributed by atoms with van der Waals surface area (Å²) in [6, 6.07) is 4.34. The van der Waals surface area contributed by atoms with Gasteiger partial charge in [-0.2, -0.15) is 0 Å². The lowest BCUT2D eigenvalue weighted by Gasteiger charge is -2.27. The van der Waals surface area contributed by atoms with Crippen molar-refractivity contribution in [3.63, 3.8) is 0 Å². The molecule has 1 aromatic heterocycles. The third kappa shape index (κ3) is 2.13. The normalized spacial score (nSPS) is 17.6. The van der Waals surface area contributed by atoms with Gasteiger partial charge in [0.2, 0.25) is 0 Å². The number of halogens is 1. The van der Waals surface area contributed by atoms with Gasteiger partial charge in [-0.15, -0.1) is 10.2 Å². The van der Waals surface area contributed by atoms with Crippen molar-refractivity contribution in [1.82, 2.24) is 19.7 Å². The Kier molecular flexibility index (Phi) is 3.00. The van der Waals surface area contributed by atoms with E-state index in [1.54, 1.807) is 0 Å². The molecule has 104 valence electrons. The van der Waals surface area contributed by atoms with Crippen LogP contribution in [0, 0.1) is 0 Å². The van der Waals surface area contributed by atoms with E-state index in [1.165, 1.54) is 11.1 Å². The monoisotopic (exact) mass is 334 g/mol. The van der Waals surface area contributed by atoms with Gasteiger partial charge >= 0.3 is 0 Å². The number of aromatic nitrogens is 3. The second kappa shape index (κ2) is 4.86. The minimum Gasteiger partial charge on any atom is -0.493 e. The highest BCUT2D eigenvalue weighted by Gasteiger charge is 2.22. The van der Waals surface area contributed by atoms with E-state index in [4.69, 9.17) is 4.74 Å². The molecule has 0 atom stereocenters. The quantitative estimate of drug-likeness (QED) is 0.842. The summed E-state index contributed by atoms with van der Waals surface area (Å²) >= 11 is 3.60. The zero-order valence-electron chi connectivity index (χ0n) is 11.0. The average molecular weight is 335 g/mol. The van der Waals surface area contributed by atoms with Crippen molar-refractivity contribution < 1.29 is 4.74 Å². The van der Waals surface area contributed by atoms with Crippen molar-refractivity contribution in [3.8, 4) is 5.75 Å². The summed E-state index contributed by atoms with van der Waals surface area (Å²) in [5.41, 5.74) is 2.58. The molecule has 0 N–H and O–H groups in total. The number of hydrogen-bond donors (Lipinski definition) is 0. The molecule has 0 radical (unpaired) electrons. The molecule has 20 heavy (non-hydrogen) atoms. The molecule has 5 nitrogen and oxygen atoms in total. The molecule has 0 amide bonds. The van der Waals surface area contributed by atoms with Gasteiger partial charge < -0.3 is 9.30 Å². The topological polar surface area (TPSA) is 43.2 Å². The van der Waals surface area contributed by atoms with Crippen molar-refractivity contribution in [2.75, 3.05) is 13.2 Å². The molecule has 1 aromatic carbocycles. The number of nitrogens with zero attached hydrogens (tertiary/aromatic N) is 4. The lowest BCUT2D eigenvalue weighted by molar-refractivity contribution is 0.206. The Morgan fingerprint density at radius 1 is 1.30 bits per heavy atom. The van der Waals surface area contributed by atoms with Gasteiger partial charge in [0, 0.05) is 36.1 Å². The second-order valence-corrected chi connectivity index (χ2v) is 6.22. The minimum atomic E-state index is 0.799. The van der Waals surface area contributed by atoms with Crippen molar-refractivity contribution in [2.45, 2.75) is 26.1 Å². The van der Waals surface area contributed by atoms with E-state index < -0.39 is 0 Å². The van der Waals surface area contributed by atoms with E-state index in [2.05, 4.69) is 47.7 Å². The Hall–Kier alpha value is -1.40. The van der Waals surface area contributed by atoms with Crippen LogP contribution in [0.3, 0.4) is 0 Å². The molecule has 0 saturated heterocycles. The maximum Gasteiger partial charge on any atom is 0.147 e. The number of benzene rings is 1. The fourth-order valence-electron chi connectivity index (χ4n) is 2.96. The van der Waals surface area contributed by atoms with E-state index in [9.17, 15) is 0 Å². The van der Waals surface area contributed by atoms with Crippen LogP contribution in [0.5, 0.6) is 5.75 Å². The summed E-state index contributed by atoms with van der Waals surface area (Å²) in [6.07, 6.45) is 2.82. The predicted molar refractivity (Wildman–Crippen MR) is 77.5 cm³/mol. The summed E-state index contributed by atoms with van der Waals surface area (Å²) in [5, 5.41) is 8.14. The molecule has 6 heteroatoms. The predicted octanol–water partition coefficient (Wildman–Crippen LogP) is 1.99. The summed E-state index contributed by atoms with van der Waals surface area (Å²) in [5.74, 6) is 2.13. The maximum absolute atomic E-state index is 5.80. The molecule has 3 heterocycles. The van der Waals surface area contributed by atoms with Crippen LogP contribution in [0.1, 0.15) is 17.0 Å². The lowest BCUT2D eigenvalue weighted by atomic mass is 10.1. The SMILES string of the molecule is Brc1cc2c(c(CN3CCn4cnnc4C3)c1)OCC2. The number of fused-ring (bicyclic) bond motifs is 2. The molecular weight excluding hydrogens is 320 g/mol. The molecule has 0 spiro atoms. The Morgan fingerprint density at radius 3 is 3.20 bits per heavy atom. The largest absolute Gasteiger partial charge is 0.493 e. The van der Waals surface area contributed by atoms with Crippen molar-refractivity contribution in [3.05, 3.63) is 39.9 Å². The first-order chi connectivity index (χ1) is 9.79. The van der Waals surface area contributed by atoms with Gasteiger partial charge in [0.15, 0.2) is 0 Å². The lowest BCUT2D eigenvalue weighted by Crippen LogP contribution is -2.33. The van der Waals surface area contributed by atoms with Gasteiger partial charge in [-0.3, -0.25) is 4.90 Å². The fourth-order valence-corrected chi connectivity index (χ4v) is 3.51. The number of ether oxygens (including phenoxy) is 1. The molecule has 0 unspecified atom stereocenters. The van der Waals surface area contributed by atoms with E-state index in [1.807, 2.05) is 6.33 Å². The van der Waals surface area contributed by atoms with Gasteiger partial charge in [-0.05, 0) is 17.7 Å². The van der Waals surface area contributed by atoms with Gasteiger partial charge in [-0.1, -0.05) is 15.9 Å². The van der Waals surface area contributed by atoms with Crippen LogP contribution in [0.4, 0.5) is 0 Å². The van der Waals surface area contributed by atoms with Crippen molar-refractivity contribution in [2.24, 2.45) is 0 Å². The first kappa shape index (κ1) is 12.3. The van der Waals surface area contributed by atoms with Crippen LogP contribution in [0.2, 0.25) is 0 Å². The summed E-state index contributed by atoms with van der Waals surface area (Å²) < 4.78 is 9.06. The Morgan fingerprint density at radius 2 is 2.25 bits per heavy atom. The van der Waals surface area contributed by atoms with Gasteiger partial charge in [-0.25, -0.2) is 0 Å². The molecule has 0 fully saturated rings. The van der Waals surface area contributed by atoms with E-state index in [-0.39, 0.29) is 0 Å². The summed E-state index contributed by atoms with van der Waals surface area (Å²) in [4.78, 5) is 2.40. The Balaban J connectivity index is 1.58. The van der Waals surface area contributed by atoms with E-state index >= 15 is 0 Å². The van der Waals surface area contributed by atoms with Crippen molar-refractivity contribution >= 4 is 15.9 Å². The Labute approximate surface area is 125 Å². The van der Waals surface area contributed by atoms with Crippen LogP contribution in [0.15, 0.2) is 22.9 Å². The van der Waals surface area contributed by atoms with E-state index in [0.717, 1.165) is 55.3 Å². The summed E-state index contributed by atoms with van der Waals surface area (Å²) in [7, 11) is 0. The van der Waals surface area contributed by atoms with Crippen LogP contribution >= 0.6 is 15.9 Å². The molecular formula is C14H15BrN4O. The molecule has 0 bridgehead atoms. The second-order valence-electron chi connectivity index (χ2n) is 5.30. The molecule has 2 aliphatic rings. The molecule has 2 aromatic rings. The zero-order chi connectivity index (χ0) is 13.5. The maximum atomic E-state index is 5.80. The molecule has 0 saturated carbocycles. The smallest absolute Gasteiger partial charge is 0.147 e. The molecule has 4 rings (SSSR count). The molecule has 0 aliphatic carbocycles. The van der Waals surface area contributed by atoms with Crippen molar-refractivity contribution in [1.29, 1.82) is 0 Å². The van der Waals surface area contributed by atoms with E-state index in [0.29, 0.717) is 0 Å². The standard InChI is InChI=1S/C14H15BrN4O/c15-12-5-10-1-4-20-14(10)11(6-12)7-18-2-3-19-9-16-17-13(19)8-18/h5-6,9H,1-4,7-8H2. The van der Waals surface area contributed by atoms with Gasteiger partial charge in [0.25, 0.3) is 0 Å². The molecule has 2 aliphatic heterocycles. The third-order valence-electron chi connectivity index (χ3n) is 3.94. The fraction of sp³-hybridized carbons (Fsp3) is 0.429. The first-order valence-electron chi connectivity index (χ1n) is 6.83. The number of hydrogen-bond acceptors (Lipinski definition) is 4. The first-order valence-corrected chi connectivity index (χ1v) is 7.62. The highest BCUT2D eigenvalue weighted by atomic mass is 79.9. The van der Waals surface area contributed by atoms with Crippen LogP contribution in [-0.4, -0.2) is 32.8 Å². The number of rotatable bonds is 2. The van der Waals surface area contributed by atoms with Crippen LogP contribution in [-0.2, 0) is 26.1 Å². The van der Waals surface area contributed by atoms with Gasteiger partial charge in [0.05, 0.1) is 13.2 Å². The highest BCUT2D eigenvalue weighted by molar-refractivity contribution is 9.10. The van der Waals surface area contributed by atoms with Crippen LogP contribution in [0.25, 0.3) is 0 Å². The Bertz CT molecular complexity index is 655. The van der Waals surface area contributed by atoms with Gasteiger partial charge in [0.1, 0.15) is 17.9 Å². The third-order valence-corrected chi connectivity index (χ3v) is 4.40. The highest BCUT2D eigenvalue weighted by Crippen LogP contribution is 2.34. The minimum absolute atomic E-state index is 0.799. The zero-order valence-corrected chi connectivity index (χ0v) is 12.6. The summed E-state index contributed by atoms with van der Waals surface area (Å²) in [6.45, 7) is 4.52.